The minimum Gasteiger partial charge on any atom is -0.507 e. The SMILES string of the molecule is NC(=O)c1ccc2cc(O)c(C(=O)Nc3ccccc3Cl)cc2c1. The summed E-state index contributed by atoms with van der Waals surface area (Å²) >= 11 is 6.02. The summed E-state index contributed by atoms with van der Waals surface area (Å²) in [5, 5.41) is 14.5. The number of amides is 2. The standard InChI is InChI=1S/C18H13ClN2O3/c19-14-3-1-2-4-15(14)21-18(24)13-8-12-7-11(17(20)23)6-5-10(12)9-16(13)22/h1-9,22H,(H2,20,23)(H,21,24). The zero-order valence-electron chi connectivity index (χ0n) is 12.4. The van der Waals surface area contributed by atoms with Crippen LogP contribution in [-0.2, 0) is 0 Å². The molecule has 0 fully saturated rings. The van der Waals surface area contributed by atoms with Gasteiger partial charge >= 0.3 is 0 Å². The van der Waals surface area contributed by atoms with Crippen LogP contribution in [0.5, 0.6) is 5.75 Å². The minimum atomic E-state index is -0.563. The van der Waals surface area contributed by atoms with E-state index in [4.69, 9.17) is 17.3 Å². The molecular weight excluding hydrogens is 328 g/mol. The van der Waals surface area contributed by atoms with E-state index in [9.17, 15) is 14.7 Å². The molecule has 0 spiro atoms. The second kappa shape index (κ2) is 6.22. The number of phenols is 1. The van der Waals surface area contributed by atoms with Gasteiger partial charge in [-0.2, -0.15) is 0 Å². The van der Waals surface area contributed by atoms with E-state index in [2.05, 4.69) is 5.32 Å². The summed E-state index contributed by atoms with van der Waals surface area (Å²) in [6.07, 6.45) is 0. The number of phenolic OH excluding ortho intramolecular Hbond substituents is 1. The molecule has 3 rings (SSSR count). The second-order valence-corrected chi connectivity index (χ2v) is 5.64. The van der Waals surface area contributed by atoms with Crippen molar-refractivity contribution in [2.45, 2.75) is 0 Å². The average molecular weight is 341 g/mol. The molecular formula is C18H13ClN2O3. The summed E-state index contributed by atoms with van der Waals surface area (Å²) in [5.41, 5.74) is 6.11. The molecule has 0 atom stereocenters. The molecule has 3 aromatic carbocycles. The molecule has 0 aromatic heterocycles. The lowest BCUT2D eigenvalue weighted by molar-refractivity contribution is 0.0997. The maximum Gasteiger partial charge on any atom is 0.259 e. The normalized spacial score (nSPS) is 10.5. The summed E-state index contributed by atoms with van der Waals surface area (Å²) in [4.78, 5) is 23.7. The van der Waals surface area contributed by atoms with Crippen LogP contribution in [0.3, 0.4) is 0 Å². The summed E-state index contributed by atoms with van der Waals surface area (Å²) in [5.74, 6) is -1.24. The number of carbonyl (C=O) groups is 2. The number of nitrogens with two attached hydrogens (primary N) is 1. The number of para-hydroxylation sites is 1. The highest BCUT2D eigenvalue weighted by Gasteiger charge is 2.14. The Balaban J connectivity index is 2.01. The van der Waals surface area contributed by atoms with Crippen molar-refractivity contribution in [3.8, 4) is 5.75 Å². The molecule has 0 radical (unpaired) electrons. The van der Waals surface area contributed by atoms with Crippen LogP contribution < -0.4 is 11.1 Å². The van der Waals surface area contributed by atoms with Crippen molar-refractivity contribution in [1.82, 2.24) is 0 Å². The van der Waals surface area contributed by atoms with Crippen LogP contribution in [-0.4, -0.2) is 16.9 Å². The molecule has 0 bridgehead atoms. The van der Waals surface area contributed by atoms with Gasteiger partial charge in [-0.1, -0.05) is 29.8 Å². The Kier molecular flexibility index (Phi) is 4.10. The largest absolute Gasteiger partial charge is 0.507 e. The lowest BCUT2D eigenvalue weighted by Crippen LogP contribution is -2.13. The molecule has 24 heavy (non-hydrogen) atoms. The van der Waals surface area contributed by atoms with Gasteiger partial charge in [0.2, 0.25) is 5.91 Å². The Morgan fingerprint density at radius 2 is 1.75 bits per heavy atom. The van der Waals surface area contributed by atoms with E-state index >= 15 is 0 Å². The van der Waals surface area contributed by atoms with Gasteiger partial charge in [0.15, 0.2) is 0 Å². The van der Waals surface area contributed by atoms with Gasteiger partial charge in [0.1, 0.15) is 5.75 Å². The van der Waals surface area contributed by atoms with E-state index in [0.29, 0.717) is 27.0 Å². The molecule has 0 aliphatic heterocycles. The average Bonchev–Trinajstić information content (AvgIpc) is 2.55. The number of halogens is 1. The van der Waals surface area contributed by atoms with Crippen molar-refractivity contribution in [1.29, 1.82) is 0 Å². The number of nitrogens with one attached hydrogen (secondary N) is 1. The van der Waals surface area contributed by atoms with Gasteiger partial charge in [-0.15, -0.1) is 0 Å². The fourth-order valence-corrected chi connectivity index (χ4v) is 2.56. The molecule has 0 unspecified atom stereocenters. The number of carbonyl (C=O) groups excluding carboxylic acids is 2. The van der Waals surface area contributed by atoms with Gasteiger partial charge in [-0.05, 0) is 47.2 Å². The Morgan fingerprint density at radius 1 is 1.00 bits per heavy atom. The van der Waals surface area contributed by atoms with Crippen molar-refractivity contribution in [3.05, 3.63) is 70.7 Å². The van der Waals surface area contributed by atoms with Gasteiger partial charge in [-0.25, -0.2) is 0 Å². The summed E-state index contributed by atoms with van der Waals surface area (Å²) in [7, 11) is 0. The van der Waals surface area contributed by atoms with Crippen LogP contribution in [0.2, 0.25) is 5.02 Å². The zero-order valence-corrected chi connectivity index (χ0v) is 13.2. The zero-order chi connectivity index (χ0) is 17.3. The third-order valence-corrected chi connectivity index (χ3v) is 3.94. The van der Waals surface area contributed by atoms with Crippen LogP contribution in [0.15, 0.2) is 54.6 Å². The van der Waals surface area contributed by atoms with Crippen molar-refractivity contribution in [2.24, 2.45) is 5.73 Å². The molecule has 0 saturated heterocycles. The van der Waals surface area contributed by atoms with E-state index < -0.39 is 11.8 Å². The summed E-state index contributed by atoms with van der Waals surface area (Å²) < 4.78 is 0. The highest BCUT2D eigenvalue weighted by Crippen LogP contribution is 2.28. The maximum absolute atomic E-state index is 12.4. The monoisotopic (exact) mass is 340 g/mol. The third kappa shape index (κ3) is 3.02. The number of primary amides is 1. The van der Waals surface area contributed by atoms with Gasteiger partial charge < -0.3 is 16.2 Å². The first kappa shape index (κ1) is 15.8. The number of rotatable bonds is 3. The van der Waals surface area contributed by atoms with Gasteiger partial charge in [-0.3, -0.25) is 9.59 Å². The molecule has 4 N–H and O–H groups in total. The van der Waals surface area contributed by atoms with Crippen LogP contribution >= 0.6 is 11.6 Å². The molecule has 0 saturated carbocycles. The minimum absolute atomic E-state index is 0.0732. The number of fused-ring (bicyclic) bond motifs is 1. The van der Waals surface area contributed by atoms with Crippen LogP contribution in [0.4, 0.5) is 5.69 Å². The van der Waals surface area contributed by atoms with Gasteiger partial charge in [0.25, 0.3) is 5.91 Å². The van der Waals surface area contributed by atoms with E-state index in [1.54, 1.807) is 42.5 Å². The molecule has 2 amide bonds. The van der Waals surface area contributed by atoms with Crippen LogP contribution in [0, 0.1) is 0 Å². The predicted octanol–water partition coefficient (Wildman–Crippen LogP) is 3.55. The van der Waals surface area contributed by atoms with Crippen LogP contribution in [0.1, 0.15) is 20.7 Å². The lowest BCUT2D eigenvalue weighted by Gasteiger charge is -2.10. The molecule has 0 aliphatic carbocycles. The Hall–Kier alpha value is -3.05. The molecule has 0 aliphatic rings. The Labute approximate surface area is 142 Å². The first-order chi connectivity index (χ1) is 11.5. The number of aromatic hydroxyl groups is 1. The topological polar surface area (TPSA) is 92.4 Å². The smallest absolute Gasteiger partial charge is 0.259 e. The number of benzene rings is 3. The maximum atomic E-state index is 12.4. The third-order valence-electron chi connectivity index (χ3n) is 3.61. The first-order valence-electron chi connectivity index (χ1n) is 7.08. The van der Waals surface area contributed by atoms with E-state index in [0.717, 1.165) is 0 Å². The molecule has 0 heterocycles. The van der Waals surface area contributed by atoms with Gasteiger partial charge in [0.05, 0.1) is 16.3 Å². The van der Waals surface area contributed by atoms with Gasteiger partial charge in [0, 0.05) is 5.56 Å². The fourth-order valence-electron chi connectivity index (χ4n) is 2.37. The quantitative estimate of drug-likeness (QED) is 0.680. The van der Waals surface area contributed by atoms with E-state index in [1.165, 1.54) is 12.1 Å². The molecule has 6 heteroatoms. The van der Waals surface area contributed by atoms with Crippen molar-refractivity contribution >= 4 is 39.9 Å². The number of hydrogen-bond donors (Lipinski definition) is 3. The number of anilines is 1. The Morgan fingerprint density at radius 3 is 2.46 bits per heavy atom. The van der Waals surface area contributed by atoms with E-state index in [-0.39, 0.29) is 11.3 Å². The summed E-state index contributed by atoms with van der Waals surface area (Å²) in [6.45, 7) is 0. The van der Waals surface area contributed by atoms with Crippen LogP contribution in [0.25, 0.3) is 10.8 Å². The van der Waals surface area contributed by atoms with E-state index in [1.807, 2.05) is 0 Å². The second-order valence-electron chi connectivity index (χ2n) is 5.23. The van der Waals surface area contributed by atoms with Crippen molar-refractivity contribution < 1.29 is 14.7 Å². The predicted molar refractivity (Wildman–Crippen MR) is 93.5 cm³/mol. The first-order valence-corrected chi connectivity index (χ1v) is 7.46. The highest BCUT2D eigenvalue weighted by molar-refractivity contribution is 6.34. The highest BCUT2D eigenvalue weighted by atomic mass is 35.5. The molecule has 3 aromatic rings. The lowest BCUT2D eigenvalue weighted by atomic mass is 10.0. The van der Waals surface area contributed by atoms with Crippen molar-refractivity contribution in [2.75, 3.05) is 5.32 Å². The number of hydrogen-bond acceptors (Lipinski definition) is 3. The fraction of sp³-hybridized carbons (Fsp3) is 0. The Bertz CT molecular complexity index is 970. The summed E-state index contributed by atoms with van der Waals surface area (Å²) in [6, 6.07) is 14.5. The molecule has 120 valence electrons. The molecule has 5 nitrogen and oxygen atoms in total. The van der Waals surface area contributed by atoms with Crippen molar-refractivity contribution in [3.63, 3.8) is 0 Å².